The van der Waals surface area contributed by atoms with Crippen molar-refractivity contribution in [1.29, 1.82) is 0 Å². The Hall–Kier alpha value is -2.65. The van der Waals surface area contributed by atoms with E-state index >= 15 is 0 Å². The van der Waals surface area contributed by atoms with Crippen molar-refractivity contribution in [1.82, 2.24) is 9.97 Å². The van der Waals surface area contributed by atoms with Gasteiger partial charge in [0.25, 0.3) is 5.56 Å². The normalized spacial score (nSPS) is 15.6. The van der Waals surface area contributed by atoms with E-state index in [2.05, 4.69) is 27.2 Å². The molecule has 3 N–H and O–H groups in total. The molecule has 0 aliphatic carbocycles. The number of amides is 2. The number of nitrogens with one attached hydrogen (secondary N) is 3. The third-order valence-corrected chi connectivity index (χ3v) is 4.93. The van der Waals surface area contributed by atoms with Gasteiger partial charge in [-0.25, -0.2) is 9.37 Å². The average molecular weight is 409 g/mol. The number of H-pyrrole nitrogens is 1. The SMILES string of the molecule is C=CCSc1nc2c(c(=O)[nH]1)C(C(=O)Nc1ccc(F)c(Cl)c1)CC(=O)N2. The lowest BCUT2D eigenvalue weighted by Crippen LogP contribution is -2.36. The van der Waals surface area contributed by atoms with Gasteiger partial charge in [0.1, 0.15) is 11.6 Å². The zero-order valence-corrected chi connectivity index (χ0v) is 15.4. The Morgan fingerprint density at radius 1 is 1.48 bits per heavy atom. The molecule has 0 bridgehead atoms. The zero-order chi connectivity index (χ0) is 19.6. The average Bonchev–Trinajstić information content (AvgIpc) is 2.62. The second-order valence-corrected chi connectivity index (χ2v) is 7.07. The number of benzene rings is 1. The Morgan fingerprint density at radius 3 is 2.96 bits per heavy atom. The number of carbonyl (C=O) groups is 2. The molecule has 7 nitrogen and oxygen atoms in total. The summed E-state index contributed by atoms with van der Waals surface area (Å²) in [4.78, 5) is 43.9. The van der Waals surface area contributed by atoms with Gasteiger partial charge in [0.15, 0.2) is 5.16 Å². The molecule has 2 aromatic rings. The van der Waals surface area contributed by atoms with Gasteiger partial charge in [-0.05, 0) is 18.2 Å². The van der Waals surface area contributed by atoms with Crippen molar-refractivity contribution in [3.05, 3.63) is 57.6 Å². The largest absolute Gasteiger partial charge is 0.325 e. The smallest absolute Gasteiger partial charge is 0.257 e. The molecule has 140 valence electrons. The molecule has 1 aliphatic rings. The first-order valence-electron chi connectivity index (χ1n) is 7.82. The lowest BCUT2D eigenvalue weighted by Gasteiger charge is -2.23. The molecular formula is C17H14ClFN4O3S. The molecule has 0 saturated carbocycles. The summed E-state index contributed by atoms with van der Waals surface area (Å²) in [6.07, 6.45) is 1.43. The van der Waals surface area contributed by atoms with Crippen molar-refractivity contribution in [3.63, 3.8) is 0 Å². The van der Waals surface area contributed by atoms with Crippen LogP contribution in [0.5, 0.6) is 0 Å². The minimum absolute atomic E-state index is 0.0545. The van der Waals surface area contributed by atoms with Gasteiger partial charge in [-0.1, -0.05) is 29.4 Å². The summed E-state index contributed by atoms with van der Waals surface area (Å²) in [5, 5.41) is 5.23. The lowest BCUT2D eigenvalue weighted by atomic mass is 9.92. The molecule has 0 spiro atoms. The van der Waals surface area contributed by atoms with Crippen molar-refractivity contribution >= 4 is 46.7 Å². The maximum atomic E-state index is 13.3. The van der Waals surface area contributed by atoms with Crippen LogP contribution in [0.2, 0.25) is 5.02 Å². The van der Waals surface area contributed by atoms with Crippen molar-refractivity contribution in [2.75, 3.05) is 16.4 Å². The highest BCUT2D eigenvalue weighted by molar-refractivity contribution is 7.99. The van der Waals surface area contributed by atoms with E-state index in [-0.39, 0.29) is 28.5 Å². The van der Waals surface area contributed by atoms with Crippen LogP contribution in [0, 0.1) is 5.82 Å². The summed E-state index contributed by atoms with van der Waals surface area (Å²) in [6, 6.07) is 3.69. The highest BCUT2D eigenvalue weighted by Gasteiger charge is 2.34. The highest BCUT2D eigenvalue weighted by Crippen LogP contribution is 2.30. The molecule has 27 heavy (non-hydrogen) atoms. The number of thioether (sulfide) groups is 1. The fraction of sp³-hybridized carbons (Fsp3) is 0.176. The second-order valence-electron chi connectivity index (χ2n) is 5.66. The molecule has 1 unspecified atom stereocenters. The first kappa shape index (κ1) is 19.1. The van der Waals surface area contributed by atoms with Gasteiger partial charge in [0.05, 0.1) is 16.5 Å². The van der Waals surface area contributed by atoms with Crippen molar-refractivity contribution in [2.24, 2.45) is 0 Å². The first-order valence-corrected chi connectivity index (χ1v) is 9.19. The lowest BCUT2D eigenvalue weighted by molar-refractivity contribution is -0.123. The van der Waals surface area contributed by atoms with Crippen LogP contribution < -0.4 is 16.2 Å². The first-order chi connectivity index (χ1) is 12.9. The van der Waals surface area contributed by atoms with Gasteiger partial charge < -0.3 is 15.6 Å². The molecule has 0 radical (unpaired) electrons. The van der Waals surface area contributed by atoms with Crippen molar-refractivity contribution < 1.29 is 14.0 Å². The Morgan fingerprint density at radius 2 is 2.26 bits per heavy atom. The molecule has 10 heteroatoms. The van der Waals surface area contributed by atoms with E-state index in [1.54, 1.807) is 6.08 Å². The van der Waals surface area contributed by atoms with Crippen LogP contribution >= 0.6 is 23.4 Å². The number of halogens is 2. The fourth-order valence-electron chi connectivity index (χ4n) is 2.58. The third-order valence-electron chi connectivity index (χ3n) is 3.77. The van der Waals surface area contributed by atoms with Gasteiger partial charge in [-0.2, -0.15) is 0 Å². The Bertz CT molecular complexity index is 995. The van der Waals surface area contributed by atoms with Crippen LogP contribution in [-0.2, 0) is 9.59 Å². The van der Waals surface area contributed by atoms with Crippen LogP contribution in [0.1, 0.15) is 17.9 Å². The minimum Gasteiger partial charge on any atom is -0.325 e. The molecule has 0 fully saturated rings. The van der Waals surface area contributed by atoms with E-state index in [0.717, 1.165) is 6.07 Å². The minimum atomic E-state index is -1.03. The summed E-state index contributed by atoms with van der Waals surface area (Å²) < 4.78 is 13.3. The molecule has 1 atom stereocenters. The summed E-state index contributed by atoms with van der Waals surface area (Å²) in [5.74, 6) is -2.11. The number of carbonyl (C=O) groups excluding carboxylic acids is 2. The summed E-state index contributed by atoms with van der Waals surface area (Å²) in [7, 11) is 0. The molecule has 0 saturated heterocycles. The second kappa shape index (κ2) is 7.93. The number of aromatic nitrogens is 2. The van der Waals surface area contributed by atoms with E-state index in [1.807, 2.05) is 0 Å². The van der Waals surface area contributed by atoms with E-state index in [1.165, 1.54) is 23.9 Å². The predicted octanol–water partition coefficient (Wildman–Crippen LogP) is 2.91. The van der Waals surface area contributed by atoms with Gasteiger partial charge in [-0.3, -0.25) is 14.4 Å². The molecule has 1 aromatic heterocycles. The monoisotopic (exact) mass is 408 g/mol. The van der Waals surface area contributed by atoms with E-state index in [4.69, 9.17) is 11.6 Å². The number of anilines is 2. The number of hydrogen-bond acceptors (Lipinski definition) is 5. The molecule has 2 amide bonds. The van der Waals surface area contributed by atoms with E-state index in [0.29, 0.717) is 10.9 Å². The number of fused-ring (bicyclic) bond motifs is 1. The summed E-state index contributed by atoms with van der Waals surface area (Å²) in [6.45, 7) is 3.59. The highest BCUT2D eigenvalue weighted by atomic mass is 35.5. The Balaban J connectivity index is 1.91. The van der Waals surface area contributed by atoms with Gasteiger partial charge in [0, 0.05) is 17.9 Å². The number of rotatable bonds is 5. The quantitative estimate of drug-likeness (QED) is 0.401. The standard InChI is InChI=1S/C17H14ClFN4O3S/c1-2-5-27-17-22-14-13(16(26)23-17)9(7-12(24)21-14)15(25)20-8-3-4-11(19)10(18)6-8/h2-4,6,9H,1,5,7H2,(H,20,25)(H2,21,22,23,24,26). The molecule has 3 rings (SSSR count). The van der Waals surface area contributed by atoms with Crippen LogP contribution in [0.3, 0.4) is 0 Å². The fourth-order valence-corrected chi connectivity index (χ4v) is 3.36. The van der Waals surface area contributed by atoms with Crippen LogP contribution in [-0.4, -0.2) is 27.5 Å². The number of aromatic amines is 1. The van der Waals surface area contributed by atoms with Crippen LogP contribution in [0.4, 0.5) is 15.9 Å². The van der Waals surface area contributed by atoms with Crippen LogP contribution in [0.25, 0.3) is 0 Å². The van der Waals surface area contributed by atoms with E-state index in [9.17, 15) is 18.8 Å². The summed E-state index contributed by atoms with van der Waals surface area (Å²) >= 11 is 6.94. The molecule has 1 aliphatic heterocycles. The maximum Gasteiger partial charge on any atom is 0.257 e. The third kappa shape index (κ3) is 4.20. The Labute approximate surface area is 162 Å². The molecule has 1 aromatic carbocycles. The van der Waals surface area contributed by atoms with Gasteiger partial charge in [0.2, 0.25) is 11.8 Å². The van der Waals surface area contributed by atoms with Gasteiger partial charge in [-0.15, -0.1) is 6.58 Å². The van der Waals surface area contributed by atoms with Crippen LogP contribution in [0.15, 0.2) is 40.8 Å². The zero-order valence-electron chi connectivity index (χ0n) is 13.8. The topological polar surface area (TPSA) is 104 Å². The molecular weight excluding hydrogens is 395 g/mol. The Kier molecular flexibility index (Phi) is 5.62. The summed E-state index contributed by atoms with van der Waals surface area (Å²) in [5.41, 5.74) is -0.186. The predicted molar refractivity (Wildman–Crippen MR) is 102 cm³/mol. The van der Waals surface area contributed by atoms with Gasteiger partial charge >= 0.3 is 0 Å². The maximum absolute atomic E-state index is 13.3. The van der Waals surface area contributed by atoms with Crippen molar-refractivity contribution in [3.8, 4) is 0 Å². The van der Waals surface area contributed by atoms with E-state index < -0.39 is 29.1 Å². The number of hydrogen-bond donors (Lipinski definition) is 3. The number of nitrogens with zero attached hydrogens (tertiary/aromatic N) is 1. The molecule has 2 heterocycles. The van der Waals surface area contributed by atoms with Crippen molar-refractivity contribution in [2.45, 2.75) is 17.5 Å².